The summed E-state index contributed by atoms with van der Waals surface area (Å²) in [6.07, 6.45) is 1.82. The van der Waals surface area contributed by atoms with E-state index in [1.54, 1.807) is 14.2 Å². The van der Waals surface area contributed by atoms with Crippen LogP contribution < -0.4 is 14.8 Å². The predicted octanol–water partition coefficient (Wildman–Crippen LogP) is 5.82. The molecule has 0 bridgehead atoms. The highest BCUT2D eigenvalue weighted by Gasteiger charge is 2.37. The fraction of sp³-hybridized carbons (Fsp3) is 0.229. The summed E-state index contributed by atoms with van der Waals surface area (Å²) < 4.78 is 20.6. The number of hydrogen-bond donors (Lipinski definition) is 4. The zero-order valence-corrected chi connectivity index (χ0v) is 24.9. The van der Waals surface area contributed by atoms with E-state index < -0.39 is 11.7 Å². The summed E-state index contributed by atoms with van der Waals surface area (Å²) >= 11 is 0. The maximum Gasteiger partial charge on any atom is 0.407 e. The molecule has 0 saturated carbocycles. The molecule has 7 aromatic rings. The molecule has 1 amide bonds. The van der Waals surface area contributed by atoms with Crippen LogP contribution in [0.1, 0.15) is 5.56 Å². The Morgan fingerprint density at radius 3 is 2.20 bits per heavy atom. The highest BCUT2D eigenvalue weighted by atomic mass is 16.6. The SMILES string of the molecule is COc1ccc(CCNC(=O)OCC2(O)Cn3c4ccccc4c4c5c[nH]c(O)c5c5c6ccccc6n(c5c43)C2)cc1OC. The van der Waals surface area contributed by atoms with Crippen molar-refractivity contribution in [3.63, 3.8) is 0 Å². The number of aromatic hydroxyl groups is 1. The minimum atomic E-state index is -1.43. The van der Waals surface area contributed by atoms with Gasteiger partial charge in [0.2, 0.25) is 0 Å². The Morgan fingerprint density at radius 1 is 0.867 bits per heavy atom. The number of hydrogen-bond acceptors (Lipinski definition) is 6. The largest absolute Gasteiger partial charge is 0.494 e. The number of methoxy groups -OCH3 is 2. The number of benzene rings is 4. The molecular formula is C35H32N4O6. The van der Waals surface area contributed by atoms with E-state index in [0.717, 1.165) is 59.9 Å². The Morgan fingerprint density at radius 2 is 1.51 bits per heavy atom. The number of aromatic amines is 1. The van der Waals surface area contributed by atoms with Gasteiger partial charge in [-0.3, -0.25) is 0 Å². The zero-order valence-electron chi connectivity index (χ0n) is 24.9. The number of carbonyl (C=O) groups is 1. The Labute approximate surface area is 257 Å². The van der Waals surface area contributed by atoms with Crippen LogP contribution in [0.3, 0.4) is 0 Å². The van der Waals surface area contributed by atoms with Crippen molar-refractivity contribution in [2.75, 3.05) is 27.4 Å². The van der Waals surface area contributed by atoms with E-state index in [9.17, 15) is 15.0 Å². The number of aromatic nitrogens is 3. The van der Waals surface area contributed by atoms with E-state index in [1.165, 1.54) is 0 Å². The number of nitrogens with one attached hydrogen (secondary N) is 2. The first-order valence-corrected chi connectivity index (χ1v) is 14.9. The lowest BCUT2D eigenvalue weighted by Gasteiger charge is -2.28. The first kappa shape index (κ1) is 27.2. The quantitative estimate of drug-likeness (QED) is 0.182. The van der Waals surface area contributed by atoms with Crippen LogP contribution in [0.5, 0.6) is 17.4 Å². The number of fused-ring (bicyclic) bond motifs is 9. The lowest BCUT2D eigenvalue weighted by molar-refractivity contribution is -0.0422. The molecule has 0 aliphatic carbocycles. The molecule has 45 heavy (non-hydrogen) atoms. The molecule has 10 heteroatoms. The number of nitrogens with zero attached hydrogens (tertiary/aromatic N) is 2. The maximum atomic E-state index is 12.9. The fourth-order valence-electron chi connectivity index (χ4n) is 7.14. The van der Waals surface area contributed by atoms with Crippen LogP contribution >= 0.6 is 0 Å². The first-order valence-electron chi connectivity index (χ1n) is 14.9. The number of rotatable bonds is 7. The molecule has 1 aliphatic heterocycles. The maximum absolute atomic E-state index is 12.9. The van der Waals surface area contributed by atoms with Crippen molar-refractivity contribution in [3.05, 3.63) is 78.5 Å². The summed E-state index contributed by atoms with van der Waals surface area (Å²) in [4.78, 5) is 15.9. The molecule has 1 aliphatic rings. The van der Waals surface area contributed by atoms with E-state index in [2.05, 4.69) is 25.5 Å². The average molecular weight is 605 g/mol. The molecule has 10 nitrogen and oxygen atoms in total. The van der Waals surface area contributed by atoms with E-state index in [1.807, 2.05) is 66.9 Å². The standard InChI is InChI=1S/C35H32N4O6/c1-43-26-12-11-20(15-27(26)44-2)13-14-36-34(41)45-19-35(42)17-38-24-9-5-3-7-21(24)28-23-16-37-33(40)30(23)29-22-8-4-6-10-25(22)39(18-35)32(29)31(28)38/h3-12,15-16,37,40,42H,13-14,17-19H2,1-2H3,(H,36,41). The van der Waals surface area contributed by atoms with Crippen molar-refractivity contribution in [1.82, 2.24) is 19.4 Å². The molecule has 228 valence electrons. The normalized spacial score (nSPS) is 16.2. The van der Waals surface area contributed by atoms with Crippen LogP contribution in [0.25, 0.3) is 54.4 Å². The average Bonchev–Trinajstić information content (AvgIpc) is 3.66. The topological polar surface area (TPSA) is 123 Å². The van der Waals surface area contributed by atoms with Crippen molar-refractivity contribution in [2.24, 2.45) is 0 Å². The van der Waals surface area contributed by atoms with Gasteiger partial charge >= 0.3 is 6.09 Å². The number of amides is 1. The zero-order chi connectivity index (χ0) is 30.9. The van der Waals surface area contributed by atoms with E-state index in [0.29, 0.717) is 24.5 Å². The number of H-pyrrole nitrogens is 1. The van der Waals surface area contributed by atoms with Crippen molar-refractivity contribution in [2.45, 2.75) is 25.1 Å². The van der Waals surface area contributed by atoms with Crippen LogP contribution in [0, 0.1) is 0 Å². The molecule has 8 rings (SSSR count). The second-order valence-electron chi connectivity index (χ2n) is 11.7. The molecule has 1 atom stereocenters. The molecule has 4 N–H and O–H groups in total. The third-order valence-electron chi connectivity index (χ3n) is 9.05. The molecule has 0 saturated heterocycles. The van der Waals surface area contributed by atoms with Crippen LogP contribution in [0.15, 0.2) is 72.9 Å². The number of para-hydroxylation sites is 2. The second kappa shape index (κ2) is 10.1. The summed E-state index contributed by atoms with van der Waals surface area (Å²) in [5, 5.41) is 31.7. The van der Waals surface area contributed by atoms with Gasteiger partial charge in [0, 0.05) is 50.7 Å². The number of alkyl carbamates (subject to hydrolysis) is 1. The molecule has 0 spiro atoms. The van der Waals surface area contributed by atoms with E-state index in [-0.39, 0.29) is 25.6 Å². The van der Waals surface area contributed by atoms with Crippen LogP contribution in [0.4, 0.5) is 4.79 Å². The molecule has 0 fully saturated rings. The number of ether oxygens (including phenoxy) is 3. The monoisotopic (exact) mass is 604 g/mol. The molecule has 1 unspecified atom stereocenters. The molecule has 0 radical (unpaired) electrons. The van der Waals surface area contributed by atoms with Crippen LogP contribution in [-0.2, 0) is 24.2 Å². The van der Waals surface area contributed by atoms with Gasteiger partial charge in [-0.05, 0) is 36.2 Å². The van der Waals surface area contributed by atoms with Gasteiger partial charge in [0.15, 0.2) is 17.4 Å². The summed E-state index contributed by atoms with van der Waals surface area (Å²) in [7, 11) is 3.17. The van der Waals surface area contributed by atoms with Crippen LogP contribution in [0.2, 0.25) is 0 Å². The van der Waals surface area contributed by atoms with Gasteiger partial charge in [-0.15, -0.1) is 0 Å². The Balaban J connectivity index is 1.15. The van der Waals surface area contributed by atoms with Crippen molar-refractivity contribution in [1.29, 1.82) is 0 Å². The number of carbonyl (C=O) groups excluding carboxylic acids is 1. The predicted molar refractivity (Wildman–Crippen MR) is 174 cm³/mol. The molecule has 4 aromatic carbocycles. The van der Waals surface area contributed by atoms with Gasteiger partial charge in [-0.25, -0.2) is 4.79 Å². The van der Waals surface area contributed by atoms with Gasteiger partial charge in [0.1, 0.15) is 12.2 Å². The third-order valence-corrected chi connectivity index (χ3v) is 9.05. The van der Waals surface area contributed by atoms with E-state index >= 15 is 0 Å². The van der Waals surface area contributed by atoms with Crippen molar-refractivity contribution in [3.8, 4) is 17.4 Å². The lowest BCUT2D eigenvalue weighted by Crippen LogP contribution is -2.44. The molecule has 3 aromatic heterocycles. The summed E-state index contributed by atoms with van der Waals surface area (Å²) in [5.74, 6) is 1.38. The minimum Gasteiger partial charge on any atom is -0.494 e. The summed E-state index contributed by atoms with van der Waals surface area (Å²) in [6.45, 7) is 0.538. The smallest absolute Gasteiger partial charge is 0.407 e. The molecular weight excluding hydrogens is 572 g/mol. The Hall–Kier alpha value is -5.35. The lowest BCUT2D eigenvalue weighted by atomic mass is 10.0. The molecule has 4 heterocycles. The Bertz CT molecular complexity index is 2300. The van der Waals surface area contributed by atoms with Gasteiger partial charge in [0.25, 0.3) is 0 Å². The minimum absolute atomic E-state index is 0.110. The number of aliphatic hydroxyl groups is 1. The van der Waals surface area contributed by atoms with Crippen molar-refractivity contribution < 1.29 is 29.2 Å². The summed E-state index contributed by atoms with van der Waals surface area (Å²) in [6, 6.07) is 21.7. The van der Waals surface area contributed by atoms with Gasteiger partial charge in [0.05, 0.1) is 43.7 Å². The highest BCUT2D eigenvalue weighted by Crippen LogP contribution is 2.48. The summed E-state index contributed by atoms with van der Waals surface area (Å²) in [5.41, 5.74) is 3.34. The Kier molecular flexibility index (Phi) is 6.11. The second-order valence-corrected chi connectivity index (χ2v) is 11.7. The van der Waals surface area contributed by atoms with Gasteiger partial charge < -0.3 is 43.9 Å². The van der Waals surface area contributed by atoms with Gasteiger partial charge in [-0.2, -0.15) is 0 Å². The third kappa shape index (κ3) is 4.09. The van der Waals surface area contributed by atoms with Crippen LogP contribution in [-0.4, -0.2) is 63.4 Å². The van der Waals surface area contributed by atoms with Gasteiger partial charge in [-0.1, -0.05) is 42.5 Å². The van der Waals surface area contributed by atoms with E-state index in [4.69, 9.17) is 14.2 Å². The van der Waals surface area contributed by atoms with Crippen molar-refractivity contribution >= 4 is 60.5 Å². The highest BCUT2D eigenvalue weighted by molar-refractivity contribution is 6.36. The fourth-order valence-corrected chi connectivity index (χ4v) is 7.14. The first-order chi connectivity index (χ1) is 21.9.